The number of rotatable bonds is 9. The Kier molecular flexibility index (Phi) is 8.62. The molecule has 39 heavy (non-hydrogen) atoms. The maximum atomic E-state index is 12.7. The van der Waals surface area contributed by atoms with Crippen molar-refractivity contribution < 1.29 is 9.59 Å². The van der Waals surface area contributed by atoms with Gasteiger partial charge >= 0.3 is 0 Å². The van der Waals surface area contributed by atoms with Gasteiger partial charge in [-0.1, -0.05) is 12.1 Å². The Balaban J connectivity index is 1.24. The molecular weight excluding hydrogens is 492 g/mol. The van der Waals surface area contributed by atoms with E-state index >= 15 is 0 Å². The quantitative estimate of drug-likeness (QED) is 0.275. The molecule has 0 bridgehead atoms. The van der Waals surface area contributed by atoms with Crippen LogP contribution in [-0.4, -0.2) is 52.8 Å². The van der Waals surface area contributed by atoms with Crippen molar-refractivity contribution in [3.05, 3.63) is 59.7 Å². The number of ketones is 1. The van der Waals surface area contributed by atoms with Gasteiger partial charge in [0.05, 0.1) is 6.42 Å². The molecule has 2 fully saturated rings. The molecule has 5 rings (SSSR count). The number of amides is 1. The van der Waals surface area contributed by atoms with Gasteiger partial charge in [-0.25, -0.2) is 0 Å². The van der Waals surface area contributed by atoms with Crippen LogP contribution >= 0.6 is 0 Å². The van der Waals surface area contributed by atoms with Crippen LogP contribution in [0.3, 0.4) is 0 Å². The first-order valence-corrected chi connectivity index (χ1v) is 13.8. The second-order valence-corrected chi connectivity index (χ2v) is 10.1. The molecule has 2 aliphatic heterocycles. The fraction of sp³-hybridized carbons (Fsp3) is 0.414. The van der Waals surface area contributed by atoms with Gasteiger partial charge in [0.1, 0.15) is 0 Å². The van der Waals surface area contributed by atoms with Gasteiger partial charge in [-0.15, -0.1) is 0 Å². The summed E-state index contributed by atoms with van der Waals surface area (Å²) in [5.74, 6) is 1.30. The largest absolute Gasteiger partial charge is 0.341 e. The molecule has 3 heterocycles. The Hall–Kier alpha value is -4.05. The van der Waals surface area contributed by atoms with E-state index < -0.39 is 0 Å². The fourth-order valence-corrected chi connectivity index (χ4v) is 4.93. The maximum absolute atomic E-state index is 12.7. The second-order valence-electron chi connectivity index (χ2n) is 10.1. The zero-order valence-electron chi connectivity index (χ0n) is 22.2. The first-order valence-electron chi connectivity index (χ1n) is 13.8. The number of nitrogens with two attached hydrogens (primary N) is 1. The molecule has 3 aromatic rings. The van der Waals surface area contributed by atoms with Gasteiger partial charge in [0.25, 0.3) is 0 Å². The van der Waals surface area contributed by atoms with E-state index in [1.807, 2.05) is 24.3 Å². The van der Waals surface area contributed by atoms with Crippen molar-refractivity contribution in [2.24, 2.45) is 5.73 Å². The molecule has 2 aromatic carbocycles. The van der Waals surface area contributed by atoms with E-state index in [-0.39, 0.29) is 18.1 Å². The third-order valence-corrected chi connectivity index (χ3v) is 7.15. The molecule has 0 unspecified atom stereocenters. The highest BCUT2D eigenvalue weighted by Gasteiger charge is 2.20. The smallest absolute Gasteiger partial charge is 0.233 e. The number of Topliss-reactive ketones (excluding diaryl/α,β-unsaturated/α-hetero) is 1. The average molecular weight is 529 g/mol. The van der Waals surface area contributed by atoms with Crippen LogP contribution in [0, 0.1) is 0 Å². The van der Waals surface area contributed by atoms with E-state index in [9.17, 15) is 9.59 Å². The van der Waals surface area contributed by atoms with E-state index in [1.54, 1.807) is 24.3 Å². The standard InChI is InChI=1S/C29H36N8O2/c30-20-21-7-11-23(12-8-21)31-26(39)19-25(38)22-9-13-24(14-10-22)32-27-33-28(36-15-3-1-4-16-36)35-29(34-27)37-17-5-2-6-18-37/h7-14H,1-6,15-20,30H2,(H,31,39)(H,32,33,34,35). The molecule has 0 saturated carbocycles. The second kappa shape index (κ2) is 12.7. The fourth-order valence-electron chi connectivity index (χ4n) is 4.93. The maximum Gasteiger partial charge on any atom is 0.233 e. The topological polar surface area (TPSA) is 129 Å². The lowest BCUT2D eigenvalue weighted by Gasteiger charge is -2.30. The molecule has 0 atom stereocenters. The van der Waals surface area contributed by atoms with Crippen LogP contribution in [0.5, 0.6) is 0 Å². The summed E-state index contributed by atoms with van der Waals surface area (Å²) < 4.78 is 0. The third kappa shape index (κ3) is 7.08. The molecular formula is C29H36N8O2. The van der Waals surface area contributed by atoms with Crippen molar-refractivity contribution in [1.82, 2.24) is 15.0 Å². The van der Waals surface area contributed by atoms with Crippen molar-refractivity contribution in [3.63, 3.8) is 0 Å². The van der Waals surface area contributed by atoms with Crippen LogP contribution in [-0.2, 0) is 11.3 Å². The number of hydrogen-bond donors (Lipinski definition) is 3. The molecule has 0 spiro atoms. The number of nitrogens with one attached hydrogen (secondary N) is 2. The van der Waals surface area contributed by atoms with Crippen LogP contribution in [0.25, 0.3) is 0 Å². The highest BCUT2D eigenvalue weighted by molar-refractivity contribution is 6.11. The van der Waals surface area contributed by atoms with Crippen LogP contribution in [0.15, 0.2) is 48.5 Å². The van der Waals surface area contributed by atoms with Gasteiger partial charge < -0.3 is 26.2 Å². The normalized spacial score (nSPS) is 15.6. The molecule has 2 saturated heterocycles. The van der Waals surface area contributed by atoms with Crippen molar-refractivity contribution in [2.75, 3.05) is 46.6 Å². The van der Waals surface area contributed by atoms with Crippen LogP contribution in [0.1, 0.15) is 60.9 Å². The van der Waals surface area contributed by atoms with Crippen molar-refractivity contribution >= 4 is 40.9 Å². The minimum absolute atomic E-state index is 0.239. The van der Waals surface area contributed by atoms with Crippen molar-refractivity contribution in [1.29, 1.82) is 0 Å². The zero-order valence-corrected chi connectivity index (χ0v) is 22.2. The number of piperidine rings is 2. The summed E-state index contributed by atoms with van der Waals surface area (Å²) in [5, 5.41) is 6.06. The monoisotopic (exact) mass is 528 g/mol. The predicted octanol–water partition coefficient (Wildman–Crippen LogP) is 4.27. The molecule has 0 aliphatic carbocycles. The van der Waals surface area contributed by atoms with Gasteiger partial charge in [0.15, 0.2) is 5.78 Å². The summed E-state index contributed by atoms with van der Waals surface area (Å²) in [6.07, 6.45) is 6.80. The molecule has 10 nitrogen and oxygen atoms in total. The molecule has 10 heteroatoms. The first-order chi connectivity index (χ1) is 19.1. The molecule has 1 amide bonds. The zero-order chi connectivity index (χ0) is 27.0. The van der Waals surface area contributed by atoms with Gasteiger partial charge in [-0.2, -0.15) is 15.0 Å². The van der Waals surface area contributed by atoms with Crippen LogP contribution < -0.4 is 26.2 Å². The minimum atomic E-state index is -0.358. The van der Waals surface area contributed by atoms with Crippen LogP contribution in [0.2, 0.25) is 0 Å². The lowest BCUT2D eigenvalue weighted by Crippen LogP contribution is -2.34. The molecule has 0 radical (unpaired) electrons. The Morgan fingerprint density at radius 1 is 0.718 bits per heavy atom. The van der Waals surface area contributed by atoms with Crippen molar-refractivity contribution in [2.45, 2.75) is 51.5 Å². The number of carbonyl (C=O) groups excluding carboxylic acids is 2. The molecule has 204 valence electrons. The van der Waals surface area contributed by atoms with Gasteiger partial charge in [-0.05, 0) is 80.5 Å². The molecule has 4 N–H and O–H groups in total. The van der Waals surface area contributed by atoms with E-state index in [0.29, 0.717) is 35.6 Å². The van der Waals surface area contributed by atoms with Gasteiger partial charge in [0.2, 0.25) is 23.8 Å². The van der Waals surface area contributed by atoms with E-state index in [4.69, 9.17) is 20.7 Å². The first kappa shape index (κ1) is 26.6. The van der Waals surface area contributed by atoms with E-state index in [0.717, 1.165) is 63.1 Å². The van der Waals surface area contributed by atoms with Crippen molar-refractivity contribution in [3.8, 4) is 0 Å². The highest BCUT2D eigenvalue weighted by atomic mass is 16.2. The Bertz CT molecular complexity index is 1230. The predicted molar refractivity (Wildman–Crippen MR) is 154 cm³/mol. The van der Waals surface area contributed by atoms with E-state index in [1.165, 1.54) is 12.8 Å². The third-order valence-electron chi connectivity index (χ3n) is 7.15. The number of benzene rings is 2. The number of anilines is 5. The summed E-state index contributed by atoms with van der Waals surface area (Å²) >= 11 is 0. The average Bonchev–Trinajstić information content (AvgIpc) is 2.98. The van der Waals surface area contributed by atoms with Gasteiger partial charge in [-0.3, -0.25) is 9.59 Å². The lowest BCUT2D eigenvalue weighted by atomic mass is 10.1. The lowest BCUT2D eigenvalue weighted by molar-refractivity contribution is -0.115. The Morgan fingerprint density at radius 2 is 1.26 bits per heavy atom. The summed E-state index contributed by atoms with van der Waals surface area (Å²) in [5.41, 5.74) is 8.44. The number of carbonyl (C=O) groups is 2. The minimum Gasteiger partial charge on any atom is -0.341 e. The summed E-state index contributed by atoms with van der Waals surface area (Å²) in [4.78, 5) is 43.9. The SMILES string of the molecule is NCc1ccc(NC(=O)CC(=O)c2ccc(Nc3nc(N4CCCCC4)nc(N4CCCCC4)n3)cc2)cc1. The Labute approximate surface area is 229 Å². The number of aromatic nitrogens is 3. The van der Waals surface area contributed by atoms with Gasteiger partial charge in [0, 0.05) is 49.7 Å². The summed E-state index contributed by atoms with van der Waals surface area (Å²) in [7, 11) is 0. The Morgan fingerprint density at radius 3 is 1.79 bits per heavy atom. The van der Waals surface area contributed by atoms with E-state index in [2.05, 4.69) is 20.4 Å². The molecule has 1 aromatic heterocycles. The summed E-state index contributed by atoms with van der Waals surface area (Å²) in [6.45, 7) is 4.24. The molecule has 2 aliphatic rings. The number of hydrogen-bond acceptors (Lipinski definition) is 9. The number of nitrogens with zero attached hydrogens (tertiary/aromatic N) is 5. The highest BCUT2D eigenvalue weighted by Crippen LogP contribution is 2.24. The summed E-state index contributed by atoms with van der Waals surface area (Å²) in [6, 6.07) is 14.3. The van der Waals surface area contributed by atoms with Crippen LogP contribution in [0.4, 0.5) is 29.2 Å².